The SMILES string of the molecule is CCN1CCC(CNC(C)C(=O)NC(C)(C)CC)CC1. The summed E-state index contributed by atoms with van der Waals surface area (Å²) < 4.78 is 0. The molecule has 1 unspecified atom stereocenters. The van der Waals surface area contributed by atoms with Gasteiger partial charge in [-0.25, -0.2) is 0 Å². The Morgan fingerprint density at radius 3 is 2.40 bits per heavy atom. The van der Waals surface area contributed by atoms with E-state index in [0.717, 1.165) is 19.5 Å². The second-order valence-corrected chi connectivity index (χ2v) is 6.73. The Morgan fingerprint density at radius 2 is 1.90 bits per heavy atom. The first-order chi connectivity index (χ1) is 9.38. The van der Waals surface area contributed by atoms with E-state index in [9.17, 15) is 4.79 Å². The maximum absolute atomic E-state index is 12.1. The van der Waals surface area contributed by atoms with Gasteiger partial charge in [-0.15, -0.1) is 0 Å². The molecule has 1 aliphatic rings. The minimum atomic E-state index is -0.112. The molecule has 1 aliphatic heterocycles. The lowest BCUT2D eigenvalue weighted by molar-refractivity contribution is -0.124. The van der Waals surface area contributed by atoms with Crippen molar-refractivity contribution >= 4 is 5.91 Å². The number of carbonyl (C=O) groups excluding carboxylic acids is 1. The largest absolute Gasteiger partial charge is 0.350 e. The highest BCUT2D eigenvalue weighted by molar-refractivity contribution is 5.81. The van der Waals surface area contributed by atoms with Gasteiger partial charge < -0.3 is 15.5 Å². The van der Waals surface area contributed by atoms with Crippen LogP contribution in [0.1, 0.15) is 53.9 Å². The van der Waals surface area contributed by atoms with E-state index >= 15 is 0 Å². The molecule has 0 spiro atoms. The van der Waals surface area contributed by atoms with Crippen LogP contribution in [0.3, 0.4) is 0 Å². The summed E-state index contributed by atoms with van der Waals surface area (Å²) in [5.41, 5.74) is -0.112. The van der Waals surface area contributed by atoms with E-state index in [1.807, 2.05) is 6.92 Å². The second-order valence-electron chi connectivity index (χ2n) is 6.73. The van der Waals surface area contributed by atoms with E-state index in [1.54, 1.807) is 0 Å². The van der Waals surface area contributed by atoms with Crippen LogP contribution in [0.4, 0.5) is 0 Å². The molecule has 0 aromatic rings. The number of piperidine rings is 1. The Balaban J connectivity index is 2.26. The van der Waals surface area contributed by atoms with Crippen LogP contribution in [-0.2, 0) is 4.79 Å². The van der Waals surface area contributed by atoms with E-state index in [2.05, 4.69) is 43.2 Å². The number of nitrogens with one attached hydrogen (secondary N) is 2. The number of rotatable bonds is 7. The van der Waals surface area contributed by atoms with Gasteiger partial charge in [-0.1, -0.05) is 13.8 Å². The molecule has 1 amide bonds. The average Bonchev–Trinajstić information content (AvgIpc) is 2.44. The summed E-state index contributed by atoms with van der Waals surface area (Å²) in [6, 6.07) is -0.106. The lowest BCUT2D eigenvalue weighted by Gasteiger charge is -2.32. The second kappa shape index (κ2) is 7.99. The minimum Gasteiger partial charge on any atom is -0.350 e. The van der Waals surface area contributed by atoms with Gasteiger partial charge in [0.25, 0.3) is 0 Å². The van der Waals surface area contributed by atoms with Crippen LogP contribution in [0.25, 0.3) is 0 Å². The predicted octanol–water partition coefficient (Wildman–Crippen LogP) is 2.00. The third-order valence-corrected chi connectivity index (χ3v) is 4.61. The molecule has 0 aliphatic carbocycles. The summed E-state index contributed by atoms with van der Waals surface area (Å²) in [6.07, 6.45) is 3.44. The molecule has 1 atom stereocenters. The first-order valence-corrected chi connectivity index (χ1v) is 8.15. The van der Waals surface area contributed by atoms with E-state index in [-0.39, 0.29) is 17.5 Å². The van der Waals surface area contributed by atoms with Crippen molar-refractivity contribution in [2.24, 2.45) is 5.92 Å². The number of hydrogen-bond donors (Lipinski definition) is 2. The van der Waals surface area contributed by atoms with E-state index in [0.29, 0.717) is 5.92 Å². The van der Waals surface area contributed by atoms with Gasteiger partial charge in [0, 0.05) is 5.54 Å². The molecular weight excluding hydrogens is 250 g/mol. The Morgan fingerprint density at radius 1 is 1.30 bits per heavy atom. The van der Waals surface area contributed by atoms with Crippen LogP contribution < -0.4 is 10.6 Å². The molecule has 4 nitrogen and oxygen atoms in total. The highest BCUT2D eigenvalue weighted by atomic mass is 16.2. The molecule has 20 heavy (non-hydrogen) atoms. The maximum atomic E-state index is 12.1. The number of hydrogen-bond acceptors (Lipinski definition) is 3. The standard InChI is InChI=1S/C16H33N3O/c1-6-16(4,5)18-15(20)13(3)17-12-14-8-10-19(7-2)11-9-14/h13-14,17H,6-12H2,1-5H3,(H,18,20). The molecule has 118 valence electrons. The van der Waals surface area contributed by atoms with Gasteiger partial charge in [0.2, 0.25) is 5.91 Å². The lowest BCUT2D eigenvalue weighted by Crippen LogP contribution is -2.51. The molecule has 0 saturated carbocycles. The molecule has 2 N–H and O–H groups in total. The van der Waals surface area contributed by atoms with Crippen molar-refractivity contribution in [2.75, 3.05) is 26.2 Å². The fraction of sp³-hybridized carbons (Fsp3) is 0.938. The molecule has 1 saturated heterocycles. The third kappa shape index (κ3) is 5.80. The van der Waals surface area contributed by atoms with Gasteiger partial charge in [0.1, 0.15) is 0 Å². The summed E-state index contributed by atoms with van der Waals surface area (Å²) in [5.74, 6) is 0.829. The summed E-state index contributed by atoms with van der Waals surface area (Å²) in [4.78, 5) is 14.6. The molecule has 0 aromatic heterocycles. The van der Waals surface area contributed by atoms with Crippen molar-refractivity contribution in [2.45, 2.75) is 65.5 Å². The molecule has 1 rings (SSSR count). The van der Waals surface area contributed by atoms with Gasteiger partial charge >= 0.3 is 0 Å². The summed E-state index contributed by atoms with van der Waals surface area (Å²) >= 11 is 0. The van der Waals surface area contributed by atoms with Crippen molar-refractivity contribution in [1.82, 2.24) is 15.5 Å². The number of likely N-dealkylation sites (tertiary alicyclic amines) is 1. The van der Waals surface area contributed by atoms with E-state index < -0.39 is 0 Å². The van der Waals surface area contributed by atoms with Crippen molar-refractivity contribution < 1.29 is 4.79 Å². The van der Waals surface area contributed by atoms with Gasteiger partial charge in [0.15, 0.2) is 0 Å². The summed E-state index contributed by atoms with van der Waals surface area (Å²) in [5, 5.41) is 6.50. The normalized spacial score (nSPS) is 19.9. The molecule has 0 bridgehead atoms. The van der Waals surface area contributed by atoms with Crippen LogP contribution in [0.15, 0.2) is 0 Å². The maximum Gasteiger partial charge on any atom is 0.237 e. The van der Waals surface area contributed by atoms with Crippen molar-refractivity contribution in [3.63, 3.8) is 0 Å². The topological polar surface area (TPSA) is 44.4 Å². The first kappa shape index (κ1) is 17.4. The van der Waals surface area contributed by atoms with Crippen LogP contribution in [-0.4, -0.2) is 48.6 Å². The van der Waals surface area contributed by atoms with E-state index in [4.69, 9.17) is 0 Å². The number of carbonyl (C=O) groups is 1. The highest BCUT2D eigenvalue weighted by Gasteiger charge is 2.23. The predicted molar refractivity (Wildman–Crippen MR) is 84.8 cm³/mol. The zero-order valence-electron chi connectivity index (χ0n) is 14.0. The third-order valence-electron chi connectivity index (χ3n) is 4.61. The molecule has 0 aromatic carbocycles. The zero-order chi connectivity index (χ0) is 15.2. The van der Waals surface area contributed by atoms with Gasteiger partial charge in [-0.05, 0) is 72.1 Å². The van der Waals surface area contributed by atoms with Crippen LogP contribution in [0, 0.1) is 5.92 Å². The van der Waals surface area contributed by atoms with Crippen molar-refractivity contribution in [1.29, 1.82) is 0 Å². The summed E-state index contributed by atoms with van der Waals surface area (Å²) in [7, 11) is 0. The van der Waals surface area contributed by atoms with E-state index in [1.165, 1.54) is 25.9 Å². The molecule has 0 radical (unpaired) electrons. The fourth-order valence-electron chi connectivity index (χ4n) is 2.47. The Hall–Kier alpha value is -0.610. The molecular formula is C16H33N3O. The lowest BCUT2D eigenvalue weighted by atomic mass is 9.96. The van der Waals surface area contributed by atoms with Crippen LogP contribution in [0.2, 0.25) is 0 Å². The number of nitrogens with zero attached hydrogens (tertiary/aromatic N) is 1. The fourth-order valence-corrected chi connectivity index (χ4v) is 2.47. The van der Waals surface area contributed by atoms with Crippen LogP contribution in [0.5, 0.6) is 0 Å². The number of amides is 1. The first-order valence-electron chi connectivity index (χ1n) is 8.15. The van der Waals surface area contributed by atoms with Gasteiger partial charge in [0.05, 0.1) is 6.04 Å². The van der Waals surface area contributed by atoms with Crippen LogP contribution >= 0.6 is 0 Å². The Bertz CT molecular complexity index is 296. The smallest absolute Gasteiger partial charge is 0.237 e. The summed E-state index contributed by atoms with van der Waals surface area (Å²) in [6.45, 7) is 14.9. The monoisotopic (exact) mass is 283 g/mol. The molecule has 1 heterocycles. The minimum absolute atomic E-state index is 0.106. The Labute approximate surface area is 124 Å². The average molecular weight is 283 g/mol. The van der Waals surface area contributed by atoms with Crippen molar-refractivity contribution in [3.8, 4) is 0 Å². The van der Waals surface area contributed by atoms with Gasteiger partial charge in [-0.3, -0.25) is 4.79 Å². The molecule has 1 fully saturated rings. The Kier molecular flexibility index (Phi) is 6.96. The van der Waals surface area contributed by atoms with Gasteiger partial charge in [-0.2, -0.15) is 0 Å². The molecule has 4 heteroatoms. The van der Waals surface area contributed by atoms with Crippen molar-refractivity contribution in [3.05, 3.63) is 0 Å². The quantitative estimate of drug-likeness (QED) is 0.751. The highest BCUT2D eigenvalue weighted by Crippen LogP contribution is 2.16. The zero-order valence-corrected chi connectivity index (χ0v) is 14.0.